The molecule has 1 aliphatic heterocycles. The highest BCUT2D eigenvalue weighted by atomic mass is 32.2. The van der Waals surface area contributed by atoms with Crippen LogP contribution in [0.4, 0.5) is 5.69 Å². The first-order valence-electron chi connectivity index (χ1n) is 8.98. The standard InChI is InChI=1S/C21H18N2O6S/c1-2-16(20(27)28)29-15-8-3-5-12(9-15)10-17-18(24)23-21(30-17)22-14-7-4-6-13(11-14)19(25)26/h3-11,16H,2H2,1H3,(H,25,26)(H,27,28)(H,22,23,24)/b17-10-. The van der Waals surface area contributed by atoms with E-state index in [0.717, 1.165) is 11.8 Å². The molecule has 2 aromatic carbocycles. The summed E-state index contributed by atoms with van der Waals surface area (Å²) >= 11 is 1.12. The fourth-order valence-electron chi connectivity index (χ4n) is 2.61. The van der Waals surface area contributed by atoms with E-state index in [1.807, 2.05) is 0 Å². The van der Waals surface area contributed by atoms with E-state index in [1.54, 1.807) is 49.4 Å². The summed E-state index contributed by atoms with van der Waals surface area (Å²) in [6, 6.07) is 12.9. The van der Waals surface area contributed by atoms with Gasteiger partial charge in [0.05, 0.1) is 16.2 Å². The van der Waals surface area contributed by atoms with Gasteiger partial charge in [-0.1, -0.05) is 25.1 Å². The molecule has 0 aromatic heterocycles. The lowest BCUT2D eigenvalue weighted by Gasteiger charge is -2.13. The fourth-order valence-corrected chi connectivity index (χ4v) is 3.45. The largest absolute Gasteiger partial charge is 0.479 e. The lowest BCUT2D eigenvalue weighted by atomic mass is 10.2. The van der Waals surface area contributed by atoms with Crippen molar-refractivity contribution < 1.29 is 29.3 Å². The third-order valence-corrected chi connectivity index (χ3v) is 4.96. The van der Waals surface area contributed by atoms with Crippen molar-refractivity contribution in [3.8, 4) is 5.75 Å². The molecular weight excluding hydrogens is 408 g/mol. The van der Waals surface area contributed by atoms with Gasteiger partial charge in [-0.15, -0.1) is 0 Å². The number of carbonyl (C=O) groups is 3. The molecule has 0 aliphatic carbocycles. The first-order valence-corrected chi connectivity index (χ1v) is 9.80. The minimum absolute atomic E-state index is 0.102. The summed E-state index contributed by atoms with van der Waals surface area (Å²) in [5.74, 6) is -2.05. The van der Waals surface area contributed by atoms with Crippen molar-refractivity contribution in [1.82, 2.24) is 5.32 Å². The van der Waals surface area contributed by atoms with Gasteiger partial charge in [0.2, 0.25) is 0 Å². The third kappa shape index (κ3) is 5.26. The van der Waals surface area contributed by atoms with E-state index in [-0.39, 0.29) is 11.5 Å². The topological polar surface area (TPSA) is 125 Å². The van der Waals surface area contributed by atoms with Gasteiger partial charge < -0.3 is 20.3 Å². The number of hydrogen-bond donors (Lipinski definition) is 3. The Hall–Kier alpha value is -3.59. The van der Waals surface area contributed by atoms with Crippen LogP contribution in [0.2, 0.25) is 0 Å². The van der Waals surface area contributed by atoms with E-state index in [1.165, 1.54) is 12.1 Å². The van der Waals surface area contributed by atoms with Crippen LogP contribution in [0.1, 0.15) is 29.3 Å². The quantitative estimate of drug-likeness (QED) is 0.579. The van der Waals surface area contributed by atoms with Crippen LogP contribution < -0.4 is 10.1 Å². The molecule has 9 heteroatoms. The molecule has 1 saturated heterocycles. The maximum absolute atomic E-state index is 12.3. The number of nitrogens with zero attached hydrogens (tertiary/aromatic N) is 1. The molecule has 0 saturated carbocycles. The summed E-state index contributed by atoms with van der Waals surface area (Å²) in [5, 5.41) is 21.2. The van der Waals surface area contributed by atoms with Gasteiger partial charge in [-0.3, -0.25) is 4.79 Å². The molecule has 0 spiro atoms. The monoisotopic (exact) mass is 426 g/mol. The number of benzene rings is 2. The van der Waals surface area contributed by atoms with Crippen LogP contribution in [-0.4, -0.2) is 39.3 Å². The van der Waals surface area contributed by atoms with Crippen molar-refractivity contribution in [1.29, 1.82) is 0 Å². The predicted octanol–water partition coefficient (Wildman–Crippen LogP) is 3.52. The molecule has 0 bridgehead atoms. The SMILES string of the molecule is CCC(Oc1cccc(/C=C2\SC(=Nc3cccc(C(=O)O)c3)NC2=O)c1)C(=O)O. The average molecular weight is 426 g/mol. The molecule has 3 rings (SSSR count). The zero-order valence-corrected chi connectivity index (χ0v) is 16.7. The third-order valence-electron chi connectivity index (χ3n) is 4.06. The molecule has 2 aromatic rings. The van der Waals surface area contributed by atoms with Gasteiger partial charge in [0.15, 0.2) is 11.3 Å². The minimum atomic E-state index is -1.06. The van der Waals surface area contributed by atoms with E-state index in [2.05, 4.69) is 10.3 Å². The molecule has 1 fully saturated rings. The number of rotatable bonds is 7. The number of amides is 1. The maximum atomic E-state index is 12.3. The van der Waals surface area contributed by atoms with E-state index in [4.69, 9.17) is 14.9 Å². The van der Waals surface area contributed by atoms with Gasteiger partial charge >= 0.3 is 11.9 Å². The Morgan fingerprint density at radius 3 is 2.67 bits per heavy atom. The van der Waals surface area contributed by atoms with Gasteiger partial charge in [-0.05, 0) is 60.2 Å². The number of aromatic carboxylic acids is 1. The van der Waals surface area contributed by atoms with Crippen molar-refractivity contribution in [3.63, 3.8) is 0 Å². The highest BCUT2D eigenvalue weighted by Gasteiger charge is 2.24. The molecule has 0 radical (unpaired) electrons. The maximum Gasteiger partial charge on any atom is 0.344 e. The van der Waals surface area contributed by atoms with Gasteiger partial charge in [0.1, 0.15) is 5.75 Å². The van der Waals surface area contributed by atoms with Crippen LogP contribution in [0.3, 0.4) is 0 Å². The fraction of sp³-hybridized carbons (Fsp3) is 0.143. The summed E-state index contributed by atoms with van der Waals surface area (Å²) in [7, 11) is 0. The molecule has 1 heterocycles. The molecule has 1 unspecified atom stereocenters. The highest BCUT2D eigenvalue weighted by Crippen LogP contribution is 2.29. The number of nitrogens with one attached hydrogen (secondary N) is 1. The number of carbonyl (C=O) groups excluding carboxylic acids is 1. The van der Waals surface area contributed by atoms with E-state index < -0.39 is 18.0 Å². The van der Waals surface area contributed by atoms with E-state index in [9.17, 15) is 14.4 Å². The van der Waals surface area contributed by atoms with Gasteiger partial charge in [-0.2, -0.15) is 0 Å². The Morgan fingerprint density at radius 1 is 1.20 bits per heavy atom. The molecule has 1 amide bonds. The summed E-state index contributed by atoms with van der Waals surface area (Å²) in [4.78, 5) is 39.2. The van der Waals surface area contributed by atoms with Crippen LogP contribution in [0.15, 0.2) is 58.4 Å². The molecule has 8 nitrogen and oxygen atoms in total. The molecule has 1 atom stereocenters. The van der Waals surface area contributed by atoms with Gasteiger partial charge in [-0.25, -0.2) is 14.6 Å². The lowest BCUT2D eigenvalue weighted by molar-refractivity contribution is -0.145. The van der Waals surface area contributed by atoms with Crippen LogP contribution in [0.5, 0.6) is 5.75 Å². The Bertz CT molecular complexity index is 1060. The van der Waals surface area contributed by atoms with Gasteiger partial charge in [0, 0.05) is 0 Å². The normalized spacial score (nSPS) is 17.0. The van der Waals surface area contributed by atoms with Crippen LogP contribution in [-0.2, 0) is 9.59 Å². The van der Waals surface area contributed by atoms with Crippen molar-refractivity contribution in [2.24, 2.45) is 4.99 Å². The molecule has 3 N–H and O–H groups in total. The Kier molecular flexibility index (Phi) is 6.53. The number of amidine groups is 1. The number of carboxylic acid groups (broad SMARTS) is 2. The zero-order chi connectivity index (χ0) is 21.7. The number of carboxylic acids is 2. The highest BCUT2D eigenvalue weighted by molar-refractivity contribution is 8.18. The van der Waals surface area contributed by atoms with Crippen molar-refractivity contribution in [2.45, 2.75) is 19.4 Å². The van der Waals surface area contributed by atoms with Crippen molar-refractivity contribution in [2.75, 3.05) is 0 Å². The first-order chi connectivity index (χ1) is 14.4. The predicted molar refractivity (Wildman–Crippen MR) is 113 cm³/mol. The lowest BCUT2D eigenvalue weighted by Crippen LogP contribution is -2.25. The first kappa shape index (κ1) is 21.1. The Labute approximate surface area is 176 Å². The number of ether oxygens (including phenoxy) is 1. The number of aliphatic carboxylic acids is 1. The second-order valence-corrected chi connectivity index (χ2v) is 7.29. The summed E-state index contributed by atoms with van der Waals surface area (Å²) in [5.41, 5.74) is 1.18. The van der Waals surface area contributed by atoms with E-state index in [0.29, 0.717) is 33.5 Å². The number of thioether (sulfide) groups is 1. The molecule has 154 valence electrons. The summed E-state index contributed by atoms with van der Waals surface area (Å²) in [6.07, 6.45) is 1.02. The molecule has 1 aliphatic rings. The second kappa shape index (κ2) is 9.27. The molecule has 30 heavy (non-hydrogen) atoms. The average Bonchev–Trinajstić information content (AvgIpc) is 3.05. The minimum Gasteiger partial charge on any atom is -0.479 e. The van der Waals surface area contributed by atoms with Crippen molar-refractivity contribution in [3.05, 3.63) is 64.6 Å². The van der Waals surface area contributed by atoms with E-state index >= 15 is 0 Å². The summed E-state index contributed by atoms with van der Waals surface area (Å²) in [6.45, 7) is 1.72. The molecular formula is C21H18N2O6S. The second-order valence-electron chi connectivity index (χ2n) is 6.26. The van der Waals surface area contributed by atoms with Crippen LogP contribution in [0, 0.1) is 0 Å². The van der Waals surface area contributed by atoms with Crippen molar-refractivity contribution >= 4 is 46.5 Å². The van der Waals surface area contributed by atoms with Crippen LogP contribution in [0.25, 0.3) is 6.08 Å². The zero-order valence-electron chi connectivity index (χ0n) is 15.9. The van der Waals surface area contributed by atoms with Crippen LogP contribution >= 0.6 is 11.8 Å². The Morgan fingerprint density at radius 2 is 1.97 bits per heavy atom. The number of hydrogen-bond acceptors (Lipinski definition) is 6. The summed E-state index contributed by atoms with van der Waals surface area (Å²) < 4.78 is 5.48. The Balaban J connectivity index is 1.78. The number of aliphatic imine (C=N–C) groups is 1. The van der Waals surface area contributed by atoms with Gasteiger partial charge in [0.25, 0.3) is 5.91 Å². The smallest absolute Gasteiger partial charge is 0.344 e.